The largest absolute Gasteiger partial charge is 0.357 e. The molecule has 166 valence electrons. The van der Waals surface area contributed by atoms with Crippen molar-refractivity contribution in [1.29, 1.82) is 0 Å². The number of nitrogens with zero attached hydrogens (tertiary/aromatic N) is 3. The topological polar surface area (TPSA) is 60.0 Å². The summed E-state index contributed by atoms with van der Waals surface area (Å²) in [6, 6.07) is 11.1. The number of carbonyl (C=O) groups is 1. The van der Waals surface area contributed by atoms with Gasteiger partial charge in [-0.05, 0) is 44.7 Å². The van der Waals surface area contributed by atoms with E-state index in [0.717, 1.165) is 58.1 Å². The normalized spacial score (nSPS) is 21.0. The molecule has 0 unspecified atom stereocenters. The highest BCUT2D eigenvalue weighted by Crippen LogP contribution is 2.51. The molecule has 30 heavy (non-hydrogen) atoms. The highest BCUT2D eigenvalue weighted by atomic mass is 127. The number of carbonyl (C=O) groups excluding carboxylic acids is 1. The Kier molecular flexibility index (Phi) is 8.71. The van der Waals surface area contributed by atoms with Crippen LogP contribution in [0.25, 0.3) is 0 Å². The standard InChI is InChI=1S/C22H33N5OS.HI/c1-2-23-21(24-17-22(10-11-22)29-19-6-4-3-5-7-19)27-14-12-26(13-15-27)16-20(28)25-18-8-9-18;/h3-7,18H,2,8-17H2,1H3,(H,23,24)(H,25,28);1H. The molecule has 1 aromatic rings. The smallest absolute Gasteiger partial charge is 0.234 e. The number of halogens is 1. The minimum Gasteiger partial charge on any atom is -0.357 e. The van der Waals surface area contributed by atoms with Gasteiger partial charge in [-0.2, -0.15) is 0 Å². The van der Waals surface area contributed by atoms with Crippen LogP contribution in [0.1, 0.15) is 32.6 Å². The van der Waals surface area contributed by atoms with Crippen molar-refractivity contribution in [2.24, 2.45) is 4.99 Å². The predicted molar refractivity (Wildman–Crippen MR) is 135 cm³/mol. The van der Waals surface area contributed by atoms with Crippen molar-refractivity contribution >= 4 is 47.6 Å². The van der Waals surface area contributed by atoms with Crippen molar-refractivity contribution in [1.82, 2.24) is 20.4 Å². The average molecular weight is 544 g/mol. The number of thioether (sulfide) groups is 1. The molecule has 1 amide bonds. The van der Waals surface area contributed by atoms with Crippen LogP contribution in [0, 0.1) is 0 Å². The molecule has 0 radical (unpaired) electrons. The van der Waals surface area contributed by atoms with Gasteiger partial charge >= 0.3 is 0 Å². The summed E-state index contributed by atoms with van der Waals surface area (Å²) in [6.45, 7) is 8.04. The summed E-state index contributed by atoms with van der Waals surface area (Å²) >= 11 is 1.97. The highest BCUT2D eigenvalue weighted by molar-refractivity contribution is 14.0. The monoisotopic (exact) mass is 543 g/mol. The van der Waals surface area contributed by atoms with Crippen LogP contribution in [-0.4, -0.2) is 78.3 Å². The van der Waals surface area contributed by atoms with Gasteiger partial charge in [-0.15, -0.1) is 35.7 Å². The molecule has 6 nitrogen and oxygen atoms in total. The van der Waals surface area contributed by atoms with Gasteiger partial charge in [0.15, 0.2) is 5.96 Å². The second-order valence-corrected chi connectivity index (χ2v) is 9.91. The van der Waals surface area contributed by atoms with Gasteiger partial charge in [-0.3, -0.25) is 14.7 Å². The third kappa shape index (κ3) is 7.02. The fraction of sp³-hybridized carbons (Fsp3) is 0.636. The van der Waals surface area contributed by atoms with E-state index in [-0.39, 0.29) is 34.6 Å². The summed E-state index contributed by atoms with van der Waals surface area (Å²) in [5.74, 6) is 1.20. The predicted octanol–water partition coefficient (Wildman–Crippen LogP) is 2.79. The molecule has 3 fully saturated rings. The van der Waals surface area contributed by atoms with Gasteiger partial charge in [0, 0.05) is 48.4 Å². The van der Waals surface area contributed by atoms with Crippen LogP contribution in [-0.2, 0) is 4.79 Å². The summed E-state index contributed by atoms with van der Waals surface area (Å²) in [4.78, 5) is 23.0. The summed E-state index contributed by atoms with van der Waals surface area (Å²) in [5, 5.41) is 6.56. The first-order valence-corrected chi connectivity index (χ1v) is 11.8. The van der Waals surface area contributed by atoms with Crippen LogP contribution in [0.5, 0.6) is 0 Å². The van der Waals surface area contributed by atoms with Crippen molar-refractivity contribution in [3.05, 3.63) is 30.3 Å². The molecular weight excluding hydrogens is 509 g/mol. The molecule has 1 heterocycles. The lowest BCUT2D eigenvalue weighted by atomic mass is 10.3. The van der Waals surface area contributed by atoms with Crippen LogP contribution in [0.3, 0.4) is 0 Å². The quantitative estimate of drug-likeness (QED) is 0.300. The SMILES string of the molecule is CCNC(=NCC1(Sc2ccccc2)CC1)N1CCN(CC(=O)NC2CC2)CC1.I. The molecule has 1 aliphatic heterocycles. The maximum Gasteiger partial charge on any atom is 0.234 e. The third-order valence-corrected chi connectivity index (χ3v) is 7.20. The fourth-order valence-corrected chi connectivity index (χ4v) is 4.87. The van der Waals surface area contributed by atoms with Gasteiger partial charge in [0.05, 0.1) is 13.1 Å². The lowest BCUT2D eigenvalue weighted by molar-refractivity contribution is -0.122. The summed E-state index contributed by atoms with van der Waals surface area (Å²) in [5.41, 5.74) is 0. The molecule has 0 atom stereocenters. The molecule has 3 aliphatic rings. The highest BCUT2D eigenvalue weighted by Gasteiger charge is 2.43. The first kappa shape index (κ1) is 23.7. The van der Waals surface area contributed by atoms with E-state index in [1.165, 1.54) is 17.7 Å². The number of piperazine rings is 1. The Balaban J connectivity index is 0.00000256. The van der Waals surface area contributed by atoms with Gasteiger partial charge in [-0.1, -0.05) is 18.2 Å². The minimum atomic E-state index is 0. The molecule has 2 aliphatic carbocycles. The Morgan fingerprint density at radius 3 is 2.47 bits per heavy atom. The summed E-state index contributed by atoms with van der Waals surface area (Å²) in [7, 11) is 0. The lowest BCUT2D eigenvalue weighted by Gasteiger charge is -2.36. The van der Waals surface area contributed by atoms with Gasteiger partial charge < -0.3 is 15.5 Å². The molecule has 0 bridgehead atoms. The molecule has 0 aromatic heterocycles. The van der Waals surface area contributed by atoms with Gasteiger partial charge in [-0.25, -0.2) is 0 Å². The number of hydrogen-bond acceptors (Lipinski definition) is 4. The molecular formula is C22H34IN5OS. The van der Waals surface area contributed by atoms with E-state index in [1.807, 2.05) is 11.8 Å². The van der Waals surface area contributed by atoms with Crippen molar-refractivity contribution < 1.29 is 4.79 Å². The fourth-order valence-electron chi connectivity index (χ4n) is 3.64. The van der Waals surface area contributed by atoms with Crippen LogP contribution in [0.2, 0.25) is 0 Å². The van der Waals surface area contributed by atoms with E-state index in [9.17, 15) is 4.79 Å². The Hall–Kier alpha value is -1.00. The lowest BCUT2D eigenvalue weighted by Crippen LogP contribution is -2.54. The van der Waals surface area contributed by atoms with E-state index in [4.69, 9.17) is 4.99 Å². The molecule has 0 spiro atoms. The van der Waals surface area contributed by atoms with E-state index >= 15 is 0 Å². The molecule has 4 rings (SSSR count). The maximum absolute atomic E-state index is 12.0. The Morgan fingerprint density at radius 2 is 1.87 bits per heavy atom. The third-order valence-electron chi connectivity index (χ3n) is 5.72. The Bertz CT molecular complexity index is 715. The number of benzene rings is 1. The summed E-state index contributed by atoms with van der Waals surface area (Å²) < 4.78 is 0.269. The number of aliphatic imine (C=N–C) groups is 1. The molecule has 1 aromatic carbocycles. The Labute approximate surface area is 201 Å². The molecule has 2 N–H and O–H groups in total. The second kappa shape index (κ2) is 11.0. The van der Waals surface area contributed by atoms with Gasteiger partial charge in [0.2, 0.25) is 5.91 Å². The number of nitrogens with one attached hydrogen (secondary N) is 2. The molecule has 1 saturated heterocycles. The zero-order valence-corrected chi connectivity index (χ0v) is 21.0. The van der Waals surface area contributed by atoms with Crippen molar-refractivity contribution in [3.63, 3.8) is 0 Å². The Morgan fingerprint density at radius 1 is 1.17 bits per heavy atom. The van der Waals surface area contributed by atoms with E-state index in [1.54, 1.807) is 0 Å². The first-order chi connectivity index (χ1) is 14.2. The maximum atomic E-state index is 12.0. The van der Waals surface area contributed by atoms with E-state index in [2.05, 4.69) is 57.7 Å². The average Bonchev–Trinajstić information content (AvgIpc) is 3.65. The minimum absolute atomic E-state index is 0. The van der Waals surface area contributed by atoms with Crippen LogP contribution in [0.15, 0.2) is 40.2 Å². The first-order valence-electron chi connectivity index (χ1n) is 10.9. The van der Waals surface area contributed by atoms with Gasteiger partial charge in [0.25, 0.3) is 0 Å². The van der Waals surface area contributed by atoms with Gasteiger partial charge in [0.1, 0.15) is 0 Å². The number of hydrogen-bond donors (Lipinski definition) is 2. The van der Waals surface area contributed by atoms with Crippen molar-refractivity contribution in [3.8, 4) is 0 Å². The van der Waals surface area contributed by atoms with Crippen LogP contribution >= 0.6 is 35.7 Å². The second-order valence-electron chi connectivity index (χ2n) is 8.37. The zero-order chi connectivity index (χ0) is 20.1. The molecule has 8 heteroatoms. The van der Waals surface area contributed by atoms with Crippen LogP contribution in [0.4, 0.5) is 0 Å². The number of amides is 1. The van der Waals surface area contributed by atoms with Crippen molar-refractivity contribution in [2.45, 2.75) is 48.3 Å². The van der Waals surface area contributed by atoms with E-state index < -0.39 is 0 Å². The number of rotatable bonds is 8. The summed E-state index contributed by atoms with van der Waals surface area (Å²) in [6.07, 6.45) is 4.76. The van der Waals surface area contributed by atoms with E-state index in [0.29, 0.717) is 12.6 Å². The van der Waals surface area contributed by atoms with Crippen molar-refractivity contribution in [2.75, 3.05) is 45.8 Å². The molecule has 2 saturated carbocycles. The van der Waals surface area contributed by atoms with Crippen LogP contribution < -0.4 is 10.6 Å². The zero-order valence-electron chi connectivity index (χ0n) is 17.8. The number of guanidine groups is 1.